The highest BCUT2D eigenvalue weighted by atomic mass is 32.2. The molecule has 1 aromatic carbocycles. The molecule has 12 nitrogen and oxygen atoms in total. The number of ether oxygens (including phenoxy) is 2. The number of rotatable bonds is 9. The number of nitrogens with one attached hydrogen (secondary N) is 1. The number of anilines is 2. The zero-order valence-electron chi connectivity index (χ0n) is 18.3. The number of carbonyl (C=O) groups excluding carboxylic acids is 2. The Morgan fingerprint density at radius 1 is 1.24 bits per heavy atom. The molecule has 33 heavy (non-hydrogen) atoms. The molecule has 2 heterocycles. The lowest BCUT2D eigenvalue weighted by Crippen LogP contribution is -2.40. The number of esters is 1. The Morgan fingerprint density at radius 3 is 2.52 bits per heavy atom. The number of hydrogen-bond acceptors (Lipinski definition) is 10. The van der Waals surface area contributed by atoms with Crippen molar-refractivity contribution in [2.45, 2.75) is 29.4 Å². The van der Waals surface area contributed by atoms with Crippen molar-refractivity contribution < 1.29 is 27.5 Å². The van der Waals surface area contributed by atoms with Gasteiger partial charge in [0.05, 0.1) is 31.0 Å². The molecule has 2 aromatic rings. The molecule has 1 amide bonds. The molecule has 180 valence electrons. The first kappa shape index (κ1) is 25.0. The van der Waals surface area contributed by atoms with E-state index in [0.29, 0.717) is 43.6 Å². The molecule has 0 aliphatic carbocycles. The van der Waals surface area contributed by atoms with Crippen LogP contribution in [0, 0.1) is 0 Å². The van der Waals surface area contributed by atoms with E-state index in [1.807, 2.05) is 0 Å². The molecule has 0 spiro atoms. The van der Waals surface area contributed by atoms with Crippen LogP contribution >= 0.6 is 11.8 Å². The van der Waals surface area contributed by atoms with E-state index in [1.165, 1.54) is 40.2 Å². The van der Waals surface area contributed by atoms with E-state index in [-0.39, 0.29) is 22.5 Å². The van der Waals surface area contributed by atoms with Gasteiger partial charge in [0.1, 0.15) is 6.04 Å². The number of amides is 1. The van der Waals surface area contributed by atoms with Crippen molar-refractivity contribution in [1.82, 2.24) is 19.1 Å². The predicted molar refractivity (Wildman–Crippen MR) is 121 cm³/mol. The molecule has 1 unspecified atom stereocenters. The lowest BCUT2D eigenvalue weighted by Gasteiger charge is -2.26. The molecule has 0 saturated carbocycles. The van der Waals surface area contributed by atoms with Crippen LogP contribution < -0.4 is 11.1 Å². The third kappa shape index (κ3) is 5.82. The van der Waals surface area contributed by atoms with E-state index in [9.17, 15) is 18.0 Å². The summed E-state index contributed by atoms with van der Waals surface area (Å²) in [6.07, 6.45) is 0.378. The van der Waals surface area contributed by atoms with Gasteiger partial charge in [0.2, 0.25) is 21.9 Å². The van der Waals surface area contributed by atoms with Gasteiger partial charge in [-0.3, -0.25) is 14.2 Å². The van der Waals surface area contributed by atoms with Crippen molar-refractivity contribution in [2.75, 3.05) is 50.2 Å². The lowest BCUT2D eigenvalue weighted by molar-refractivity contribution is -0.137. The predicted octanol–water partition coefficient (Wildman–Crippen LogP) is 0.736. The quantitative estimate of drug-likeness (QED) is 0.373. The normalized spacial score (nSPS) is 15.7. The van der Waals surface area contributed by atoms with Gasteiger partial charge >= 0.3 is 5.97 Å². The maximum Gasteiger partial charge on any atom is 0.316 e. The minimum Gasteiger partial charge on any atom is -0.468 e. The number of carbonyl (C=O) groups is 2. The van der Waals surface area contributed by atoms with Crippen molar-refractivity contribution in [3.05, 3.63) is 24.3 Å². The van der Waals surface area contributed by atoms with Crippen LogP contribution in [-0.4, -0.2) is 78.5 Å². The lowest BCUT2D eigenvalue weighted by atomic mass is 10.2. The van der Waals surface area contributed by atoms with Gasteiger partial charge in [0.25, 0.3) is 0 Å². The van der Waals surface area contributed by atoms with Crippen LogP contribution in [-0.2, 0) is 29.1 Å². The number of aromatic nitrogens is 3. The van der Waals surface area contributed by atoms with Crippen LogP contribution in [0.15, 0.2) is 34.3 Å². The number of thioether (sulfide) groups is 1. The number of morpholine rings is 1. The van der Waals surface area contributed by atoms with Crippen molar-refractivity contribution in [3.63, 3.8) is 0 Å². The molecule has 3 rings (SSSR count). The number of nitrogens with two attached hydrogens (primary N) is 1. The van der Waals surface area contributed by atoms with Crippen molar-refractivity contribution in [3.8, 4) is 0 Å². The summed E-state index contributed by atoms with van der Waals surface area (Å²) in [5.74, 6) is -0.798. The van der Waals surface area contributed by atoms with E-state index in [2.05, 4.69) is 20.3 Å². The fourth-order valence-electron chi connectivity index (χ4n) is 3.22. The van der Waals surface area contributed by atoms with Crippen LogP contribution in [0.5, 0.6) is 0 Å². The highest BCUT2D eigenvalue weighted by Gasteiger charge is 2.27. The molecule has 1 fully saturated rings. The largest absolute Gasteiger partial charge is 0.468 e. The zero-order chi connectivity index (χ0) is 24.0. The average molecular weight is 499 g/mol. The number of hydrogen-bond donors (Lipinski definition) is 2. The van der Waals surface area contributed by atoms with Gasteiger partial charge in [-0.1, -0.05) is 18.7 Å². The number of sulfonamides is 1. The van der Waals surface area contributed by atoms with Crippen LogP contribution in [0.1, 0.15) is 19.4 Å². The number of methoxy groups -OCH3 is 1. The van der Waals surface area contributed by atoms with E-state index < -0.39 is 22.0 Å². The standard InChI is InChI=1S/C19H26N6O6S2/c1-3-15(25-18(20)22-23-19(25)32-12-16(26)30-2)17(27)21-13-4-6-14(7-5-13)33(28,29)24-8-10-31-11-9-24/h4-7,15H,3,8-12H2,1-2H3,(H2,20,22)(H,21,27). The summed E-state index contributed by atoms with van der Waals surface area (Å²) in [7, 11) is -2.35. The van der Waals surface area contributed by atoms with Gasteiger partial charge in [-0.05, 0) is 30.7 Å². The van der Waals surface area contributed by atoms with Crippen molar-refractivity contribution in [2.24, 2.45) is 0 Å². The molecular weight excluding hydrogens is 472 g/mol. The molecule has 1 aliphatic rings. The Balaban J connectivity index is 1.73. The molecule has 3 N–H and O–H groups in total. The number of nitrogens with zero attached hydrogens (tertiary/aromatic N) is 4. The molecule has 14 heteroatoms. The number of nitrogen functional groups attached to an aromatic ring is 1. The first-order valence-electron chi connectivity index (χ1n) is 10.2. The third-order valence-electron chi connectivity index (χ3n) is 4.97. The topological polar surface area (TPSA) is 159 Å². The Hall–Kier alpha value is -2.68. The Morgan fingerprint density at radius 2 is 1.91 bits per heavy atom. The fraction of sp³-hybridized carbons (Fsp3) is 0.474. The molecular formula is C19H26N6O6S2. The maximum atomic E-state index is 13.0. The molecule has 0 radical (unpaired) electrons. The van der Waals surface area contributed by atoms with Gasteiger partial charge in [0.15, 0.2) is 5.16 Å². The molecule has 1 aromatic heterocycles. The summed E-state index contributed by atoms with van der Waals surface area (Å²) in [6.45, 7) is 3.12. The van der Waals surface area contributed by atoms with E-state index in [0.717, 1.165) is 11.8 Å². The summed E-state index contributed by atoms with van der Waals surface area (Å²) in [5.41, 5.74) is 6.35. The summed E-state index contributed by atoms with van der Waals surface area (Å²) in [6, 6.07) is 5.22. The first-order valence-corrected chi connectivity index (χ1v) is 12.6. The van der Waals surface area contributed by atoms with Gasteiger partial charge in [-0.25, -0.2) is 8.42 Å². The third-order valence-corrected chi connectivity index (χ3v) is 7.80. The van der Waals surface area contributed by atoms with Crippen molar-refractivity contribution >= 4 is 45.3 Å². The van der Waals surface area contributed by atoms with E-state index in [1.54, 1.807) is 6.92 Å². The van der Waals surface area contributed by atoms with Crippen LogP contribution in [0.25, 0.3) is 0 Å². The summed E-state index contributed by atoms with van der Waals surface area (Å²) in [5, 5.41) is 10.8. The van der Waals surface area contributed by atoms with Crippen LogP contribution in [0.3, 0.4) is 0 Å². The van der Waals surface area contributed by atoms with Gasteiger partial charge in [0, 0.05) is 18.8 Å². The molecule has 1 aliphatic heterocycles. The molecule has 1 atom stereocenters. The van der Waals surface area contributed by atoms with Gasteiger partial charge in [-0.2, -0.15) is 4.31 Å². The second kappa shape index (κ2) is 11.0. The average Bonchev–Trinajstić information content (AvgIpc) is 3.19. The fourth-order valence-corrected chi connectivity index (χ4v) is 5.45. The second-order valence-electron chi connectivity index (χ2n) is 7.03. The van der Waals surface area contributed by atoms with Crippen LogP contribution in [0.2, 0.25) is 0 Å². The maximum absolute atomic E-state index is 13.0. The summed E-state index contributed by atoms with van der Waals surface area (Å²) < 4.78 is 38.2. The number of benzene rings is 1. The Bertz CT molecular complexity index is 1080. The molecule has 0 bridgehead atoms. The van der Waals surface area contributed by atoms with Crippen molar-refractivity contribution in [1.29, 1.82) is 0 Å². The summed E-state index contributed by atoms with van der Waals surface area (Å²) in [4.78, 5) is 24.6. The summed E-state index contributed by atoms with van der Waals surface area (Å²) >= 11 is 1.06. The molecule has 1 saturated heterocycles. The minimum absolute atomic E-state index is 0.00817. The van der Waals surface area contributed by atoms with Gasteiger partial charge in [-0.15, -0.1) is 10.2 Å². The minimum atomic E-state index is -3.63. The van der Waals surface area contributed by atoms with E-state index in [4.69, 9.17) is 10.5 Å². The Kier molecular flexibility index (Phi) is 8.29. The monoisotopic (exact) mass is 498 g/mol. The highest BCUT2D eigenvalue weighted by molar-refractivity contribution is 7.99. The smallest absolute Gasteiger partial charge is 0.316 e. The van der Waals surface area contributed by atoms with E-state index >= 15 is 0 Å². The Labute approximate surface area is 195 Å². The SMILES string of the molecule is CCC(C(=O)Nc1ccc(S(=O)(=O)N2CCOCC2)cc1)n1c(N)nnc1SCC(=O)OC. The second-order valence-corrected chi connectivity index (χ2v) is 9.91. The van der Waals surface area contributed by atoms with Crippen LogP contribution in [0.4, 0.5) is 11.6 Å². The van der Waals surface area contributed by atoms with Gasteiger partial charge < -0.3 is 20.5 Å². The highest BCUT2D eigenvalue weighted by Crippen LogP contribution is 2.27. The zero-order valence-corrected chi connectivity index (χ0v) is 19.9. The first-order chi connectivity index (χ1) is 15.8.